The molecule has 14 nitrogen and oxygen atoms in total. The maximum Gasteiger partial charge on any atom is 0.245 e. The SMILES string of the molecule is CN[C@@H](Cc1ccccc1)C(=O)N[C@@H](CCCCN)C(=O)N1CCC[C@H]1C(=O)C(C(=O)[C@H](N)CC1CCCCC1)(C1CCCCC1)[C@H](N)CNCCCCN=C(N)N. The van der Waals surface area contributed by atoms with Gasteiger partial charge in [-0.2, -0.15) is 0 Å². The zero-order valence-electron chi connectivity index (χ0n) is 35.3. The fourth-order valence-corrected chi connectivity index (χ4v) is 9.91. The number of guanidine groups is 1. The van der Waals surface area contributed by atoms with Gasteiger partial charge in [-0.3, -0.25) is 24.2 Å². The molecule has 1 heterocycles. The van der Waals surface area contributed by atoms with Crippen LogP contribution in [-0.4, -0.2) is 104 Å². The summed E-state index contributed by atoms with van der Waals surface area (Å²) in [6, 6.07) is 5.77. The molecule has 13 N–H and O–H groups in total. The van der Waals surface area contributed by atoms with Gasteiger partial charge in [0.2, 0.25) is 11.8 Å². The van der Waals surface area contributed by atoms with E-state index in [1.807, 2.05) is 30.3 Å². The van der Waals surface area contributed by atoms with Gasteiger partial charge in [-0.15, -0.1) is 0 Å². The van der Waals surface area contributed by atoms with Crippen molar-refractivity contribution in [3.63, 3.8) is 0 Å². The van der Waals surface area contributed by atoms with Crippen LogP contribution in [0.3, 0.4) is 0 Å². The van der Waals surface area contributed by atoms with Gasteiger partial charge in [-0.25, -0.2) is 0 Å². The van der Waals surface area contributed by atoms with Crippen LogP contribution in [0.5, 0.6) is 0 Å². The standard InChI is InChI=1S/C44H76N10O4/c1-50-36(29-32-18-7-3-8-19-32)41(57)53-35(22-11-12-24-45)42(58)54-27-15-23-37(54)40(56)44(33-20-9-4-10-21-33,38(47)30-51-25-13-14-26-52-43(48)49)39(55)34(46)28-31-16-5-2-6-17-31/h3,7-8,18-19,31,33-38,50-51H,2,4-6,9-17,20-30,45-47H2,1H3,(H,53,57)(H4,48,49,52)/t34-,35+,36+,37+,38-,44?/m1/s1. The number of aliphatic imine (C=N–C) groups is 1. The molecule has 326 valence electrons. The van der Waals surface area contributed by atoms with Gasteiger partial charge in [0.1, 0.15) is 11.5 Å². The second-order valence-corrected chi connectivity index (χ2v) is 17.2. The molecule has 2 amide bonds. The van der Waals surface area contributed by atoms with E-state index in [-0.39, 0.29) is 41.8 Å². The third-order valence-corrected chi connectivity index (χ3v) is 13.1. The first-order valence-electron chi connectivity index (χ1n) is 22.4. The van der Waals surface area contributed by atoms with Gasteiger partial charge in [-0.05, 0) is 108 Å². The fraction of sp³-hybridized carbons (Fsp3) is 0.750. The van der Waals surface area contributed by atoms with Gasteiger partial charge in [0, 0.05) is 25.7 Å². The van der Waals surface area contributed by atoms with Crippen molar-refractivity contribution < 1.29 is 19.2 Å². The molecule has 6 atom stereocenters. The largest absolute Gasteiger partial charge is 0.370 e. The van der Waals surface area contributed by atoms with Crippen LogP contribution < -0.4 is 44.6 Å². The summed E-state index contributed by atoms with van der Waals surface area (Å²) in [6.07, 6.45) is 15.0. The molecule has 1 unspecified atom stereocenters. The maximum absolute atomic E-state index is 15.7. The molecule has 3 fully saturated rings. The van der Waals surface area contributed by atoms with Gasteiger partial charge in [-0.1, -0.05) is 81.7 Å². The summed E-state index contributed by atoms with van der Waals surface area (Å²) in [5.74, 6) is -1.03. The number of nitrogens with two attached hydrogens (primary N) is 5. The molecule has 4 rings (SSSR count). The number of carbonyl (C=O) groups excluding carboxylic acids is 4. The molecule has 0 spiro atoms. The summed E-state index contributed by atoms with van der Waals surface area (Å²) in [5, 5.41) is 9.63. The predicted octanol–water partition coefficient (Wildman–Crippen LogP) is 2.40. The number of hydrogen-bond acceptors (Lipinski definition) is 10. The number of rotatable bonds is 25. The summed E-state index contributed by atoms with van der Waals surface area (Å²) >= 11 is 0. The number of amides is 2. The molecule has 1 saturated heterocycles. The molecule has 2 aliphatic carbocycles. The molecule has 1 aliphatic heterocycles. The molecule has 0 bridgehead atoms. The molecule has 2 saturated carbocycles. The van der Waals surface area contributed by atoms with E-state index in [1.54, 1.807) is 11.9 Å². The second-order valence-electron chi connectivity index (χ2n) is 17.2. The Morgan fingerprint density at radius 2 is 1.55 bits per heavy atom. The van der Waals surface area contributed by atoms with Crippen molar-refractivity contribution in [1.29, 1.82) is 0 Å². The highest BCUT2D eigenvalue weighted by Gasteiger charge is 2.59. The Morgan fingerprint density at radius 1 is 0.862 bits per heavy atom. The molecule has 1 aromatic carbocycles. The first kappa shape index (κ1) is 47.3. The Labute approximate surface area is 347 Å². The summed E-state index contributed by atoms with van der Waals surface area (Å²) in [5.41, 5.74) is 30.5. The molecule has 58 heavy (non-hydrogen) atoms. The number of unbranched alkanes of at least 4 members (excludes halogenated alkanes) is 2. The molecular weight excluding hydrogens is 733 g/mol. The molecule has 0 aromatic heterocycles. The van der Waals surface area contributed by atoms with E-state index < -0.39 is 35.6 Å². The minimum Gasteiger partial charge on any atom is -0.370 e. The van der Waals surface area contributed by atoms with Crippen molar-refractivity contribution in [3.8, 4) is 0 Å². The maximum atomic E-state index is 15.7. The lowest BCUT2D eigenvalue weighted by Crippen LogP contribution is -2.67. The highest BCUT2D eigenvalue weighted by Crippen LogP contribution is 2.46. The van der Waals surface area contributed by atoms with E-state index in [2.05, 4.69) is 20.9 Å². The lowest BCUT2D eigenvalue weighted by Gasteiger charge is -2.47. The molecule has 3 aliphatic rings. The Bertz CT molecular complexity index is 1450. The zero-order valence-corrected chi connectivity index (χ0v) is 35.3. The summed E-state index contributed by atoms with van der Waals surface area (Å²) < 4.78 is 0. The number of ketones is 2. The smallest absolute Gasteiger partial charge is 0.245 e. The monoisotopic (exact) mass is 809 g/mol. The van der Waals surface area contributed by atoms with Gasteiger partial charge >= 0.3 is 0 Å². The first-order valence-corrected chi connectivity index (χ1v) is 22.4. The third-order valence-electron chi connectivity index (χ3n) is 13.1. The minimum absolute atomic E-state index is 0.0581. The number of nitrogens with one attached hydrogen (secondary N) is 3. The van der Waals surface area contributed by atoms with Crippen LogP contribution in [0.25, 0.3) is 0 Å². The van der Waals surface area contributed by atoms with E-state index in [0.29, 0.717) is 89.9 Å². The number of benzene rings is 1. The van der Waals surface area contributed by atoms with Crippen LogP contribution in [0, 0.1) is 17.3 Å². The zero-order chi connectivity index (χ0) is 41.9. The van der Waals surface area contributed by atoms with Crippen molar-refractivity contribution in [1.82, 2.24) is 20.9 Å². The van der Waals surface area contributed by atoms with E-state index in [0.717, 1.165) is 63.4 Å². The van der Waals surface area contributed by atoms with Crippen LogP contribution in [0.4, 0.5) is 0 Å². The van der Waals surface area contributed by atoms with E-state index in [9.17, 15) is 9.59 Å². The van der Waals surface area contributed by atoms with Crippen molar-refractivity contribution in [2.75, 3.05) is 39.8 Å². The fourth-order valence-electron chi connectivity index (χ4n) is 9.91. The van der Waals surface area contributed by atoms with Gasteiger partial charge in [0.25, 0.3) is 0 Å². The average molecular weight is 809 g/mol. The number of hydrogen-bond donors (Lipinski definition) is 8. The Balaban J connectivity index is 1.65. The number of Topliss-reactive ketones (excluding diaryl/α,β-unsaturated/α-hetero) is 2. The number of likely N-dealkylation sites (N-methyl/N-ethyl adjacent to an activating group) is 1. The predicted molar refractivity (Wildman–Crippen MR) is 232 cm³/mol. The number of likely N-dealkylation sites (tertiary alicyclic amines) is 1. The quantitative estimate of drug-likeness (QED) is 0.0308. The normalized spacial score (nSPS) is 21.0. The Hall–Kier alpha value is -3.43. The Kier molecular flexibility index (Phi) is 20.0. The van der Waals surface area contributed by atoms with Crippen molar-refractivity contribution in [2.45, 2.75) is 152 Å². The summed E-state index contributed by atoms with van der Waals surface area (Å²) in [7, 11) is 1.74. The first-order chi connectivity index (χ1) is 28.0. The Morgan fingerprint density at radius 3 is 2.21 bits per heavy atom. The van der Waals surface area contributed by atoms with E-state index >= 15 is 9.59 Å². The van der Waals surface area contributed by atoms with Crippen molar-refractivity contribution in [2.24, 2.45) is 50.9 Å². The highest BCUT2D eigenvalue weighted by atomic mass is 16.2. The highest BCUT2D eigenvalue weighted by molar-refractivity contribution is 6.13. The van der Waals surface area contributed by atoms with Gasteiger partial charge < -0.3 is 49.5 Å². The average Bonchev–Trinajstić information content (AvgIpc) is 3.73. The van der Waals surface area contributed by atoms with Crippen LogP contribution in [-0.2, 0) is 25.6 Å². The van der Waals surface area contributed by atoms with Crippen molar-refractivity contribution >= 4 is 29.3 Å². The minimum atomic E-state index is -1.57. The van der Waals surface area contributed by atoms with Crippen LogP contribution >= 0.6 is 0 Å². The third kappa shape index (κ3) is 13.0. The summed E-state index contributed by atoms with van der Waals surface area (Å²) in [4.78, 5) is 65.4. The van der Waals surface area contributed by atoms with Gasteiger partial charge in [0.05, 0.1) is 18.1 Å². The van der Waals surface area contributed by atoms with Crippen LogP contribution in [0.15, 0.2) is 35.3 Å². The number of nitrogens with zero attached hydrogens (tertiary/aromatic N) is 2. The molecule has 0 radical (unpaired) electrons. The van der Waals surface area contributed by atoms with Crippen LogP contribution in [0.1, 0.15) is 121 Å². The lowest BCUT2D eigenvalue weighted by molar-refractivity contribution is -0.155. The lowest BCUT2D eigenvalue weighted by atomic mass is 9.57. The molecule has 1 aromatic rings. The molecular formula is C44H76N10O4. The topological polar surface area (TPSA) is 250 Å². The second kappa shape index (κ2) is 24.6. The summed E-state index contributed by atoms with van der Waals surface area (Å²) in [6.45, 7) is 2.18. The molecule has 14 heteroatoms. The van der Waals surface area contributed by atoms with Crippen molar-refractivity contribution in [3.05, 3.63) is 35.9 Å². The van der Waals surface area contributed by atoms with E-state index in [4.69, 9.17) is 28.7 Å². The van der Waals surface area contributed by atoms with Gasteiger partial charge in [0.15, 0.2) is 17.5 Å². The van der Waals surface area contributed by atoms with Crippen LogP contribution in [0.2, 0.25) is 0 Å². The van der Waals surface area contributed by atoms with E-state index in [1.165, 1.54) is 6.42 Å². The number of carbonyl (C=O) groups is 4.